The van der Waals surface area contributed by atoms with Gasteiger partial charge in [0.05, 0.1) is 12.1 Å². The smallest absolute Gasteiger partial charge is 0.433 e. The van der Waals surface area contributed by atoms with Gasteiger partial charge in [-0.05, 0) is 60.0 Å². The molecule has 2 atom stereocenters. The quantitative estimate of drug-likeness (QED) is 0.358. The Balaban J connectivity index is 1.87. The lowest BCUT2D eigenvalue weighted by atomic mass is 9.89. The molecule has 5 nitrogen and oxygen atoms in total. The number of pyridine rings is 1. The van der Waals surface area contributed by atoms with E-state index in [-0.39, 0.29) is 11.8 Å². The van der Waals surface area contributed by atoms with Gasteiger partial charge in [0.15, 0.2) is 0 Å². The molecule has 10 heteroatoms. The predicted octanol–water partition coefficient (Wildman–Crippen LogP) is 6.01. The van der Waals surface area contributed by atoms with Crippen molar-refractivity contribution in [1.29, 1.82) is 0 Å². The lowest BCUT2D eigenvalue weighted by molar-refractivity contribution is -0.141. The molecule has 0 radical (unpaired) electrons. The van der Waals surface area contributed by atoms with Crippen LogP contribution in [0, 0.1) is 0 Å². The summed E-state index contributed by atoms with van der Waals surface area (Å²) in [5.74, 6) is -0.112. The highest BCUT2D eigenvalue weighted by Crippen LogP contribution is 2.35. The van der Waals surface area contributed by atoms with Crippen LogP contribution in [-0.4, -0.2) is 31.6 Å². The maximum atomic E-state index is 13.0. The van der Waals surface area contributed by atoms with Gasteiger partial charge < -0.3 is 15.4 Å². The third-order valence-electron chi connectivity index (χ3n) is 5.55. The normalized spacial score (nSPS) is 13.2. The molecule has 35 heavy (non-hydrogen) atoms. The molecular formula is C25H24Cl2F3N3O2. The number of amides is 1. The zero-order valence-corrected chi connectivity index (χ0v) is 20.5. The minimum Gasteiger partial charge on any atom is -0.495 e. The molecule has 2 N–H and O–H groups in total. The highest BCUT2D eigenvalue weighted by atomic mass is 35.5. The lowest BCUT2D eigenvalue weighted by Gasteiger charge is -2.22. The number of benzene rings is 2. The van der Waals surface area contributed by atoms with E-state index in [0.717, 1.165) is 17.2 Å². The lowest BCUT2D eigenvalue weighted by Crippen LogP contribution is -2.36. The molecular weight excluding hydrogens is 502 g/mol. The molecule has 2 aromatic carbocycles. The molecule has 3 rings (SSSR count). The van der Waals surface area contributed by atoms with Gasteiger partial charge in [0, 0.05) is 24.2 Å². The van der Waals surface area contributed by atoms with E-state index in [2.05, 4.69) is 15.6 Å². The van der Waals surface area contributed by atoms with Gasteiger partial charge in [-0.1, -0.05) is 47.5 Å². The molecule has 0 aliphatic carbocycles. The molecule has 0 bridgehead atoms. The number of carbonyl (C=O) groups excluding carboxylic acids is 1. The Kier molecular flexibility index (Phi) is 8.99. The van der Waals surface area contributed by atoms with Crippen molar-refractivity contribution in [2.45, 2.75) is 24.6 Å². The van der Waals surface area contributed by atoms with Gasteiger partial charge in [0.2, 0.25) is 5.91 Å². The average molecular weight is 526 g/mol. The fraction of sp³-hybridized carbons (Fsp3) is 0.280. The van der Waals surface area contributed by atoms with E-state index in [1.165, 1.54) is 19.4 Å². The van der Waals surface area contributed by atoms with Crippen LogP contribution in [0.5, 0.6) is 5.75 Å². The number of methoxy groups -OCH3 is 1. The summed E-state index contributed by atoms with van der Waals surface area (Å²) in [6, 6.07) is 13.9. The van der Waals surface area contributed by atoms with Crippen LogP contribution in [0.3, 0.4) is 0 Å². The van der Waals surface area contributed by atoms with Crippen molar-refractivity contribution in [3.05, 3.63) is 93.2 Å². The molecule has 1 heterocycles. The van der Waals surface area contributed by atoms with E-state index in [9.17, 15) is 18.0 Å². The van der Waals surface area contributed by atoms with Gasteiger partial charge in [0.1, 0.15) is 17.5 Å². The molecule has 3 aromatic rings. The van der Waals surface area contributed by atoms with Crippen molar-refractivity contribution >= 4 is 29.1 Å². The number of likely N-dealkylation sites (N-methyl/N-ethyl adjacent to an activating group) is 1. The molecule has 1 amide bonds. The number of halogens is 5. The summed E-state index contributed by atoms with van der Waals surface area (Å²) in [4.78, 5) is 16.1. The third-order valence-corrected chi connectivity index (χ3v) is 6.11. The number of carbonyl (C=O) groups is 1. The highest BCUT2D eigenvalue weighted by molar-refractivity contribution is 6.32. The van der Waals surface area contributed by atoms with E-state index in [1.807, 2.05) is 0 Å². The van der Waals surface area contributed by atoms with Gasteiger partial charge in [-0.15, -0.1) is 0 Å². The minimum atomic E-state index is -4.53. The van der Waals surface area contributed by atoms with Crippen molar-refractivity contribution in [3.8, 4) is 5.75 Å². The van der Waals surface area contributed by atoms with Crippen molar-refractivity contribution in [2.24, 2.45) is 0 Å². The summed E-state index contributed by atoms with van der Waals surface area (Å²) in [6.45, 7) is 0.372. The molecule has 0 unspecified atom stereocenters. The van der Waals surface area contributed by atoms with Crippen molar-refractivity contribution in [3.63, 3.8) is 0 Å². The van der Waals surface area contributed by atoms with Crippen LogP contribution in [0.2, 0.25) is 10.0 Å². The Labute approximate surface area is 211 Å². The van der Waals surface area contributed by atoms with E-state index < -0.39 is 17.9 Å². The maximum absolute atomic E-state index is 13.0. The number of aromatic nitrogens is 1. The van der Waals surface area contributed by atoms with Gasteiger partial charge in [-0.2, -0.15) is 13.2 Å². The maximum Gasteiger partial charge on any atom is 0.433 e. The fourth-order valence-electron chi connectivity index (χ4n) is 3.73. The van der Waals surface area contributed by atoms with E-state index in [4.69, 9.17) is 27.9 Å². The largest absolute Gasteiger partial charge is 0.495 e. The number of alkyl halides is 3. The first-order valence-corrected chi connectivity index (χ1v) is 11.5. The van der Waals surface area contributed by atoms with Crippen LogP contribution in [0.15, 0.2) is 60.8 Å². The molecule has 1 aromatic heterocycles. The van der Waals surface area contributed by atoms with Crippen LogP contribution in [0.1, 0.15) is 40.8 Å². The highest BCUT2D eigenvalue weighted by Gasteiger charge is 2.32. The number of nitrogens with one attached hydrogen (secondary N) is 2. The van der Waals surface area contributed by atoms with Crippen LogP contribution in [-0.2, 0) is 11.0 Å². The molecule has 0 saturated heterocycles. The summed E-state index contributed by atoms with van der Waals surface area (Å²) in [6.07, 6.45) is -2.85. The Hall–Kier alpha value is -2.81. The number of rotatable bonds is 9. The number of hydrogen-bond acceptors (Lipinski definition) is 4. The standard InChI is InChI=1S/C25H24Cl2F3N3O2/c1-31-24(34)23(15-3-7-18(26)8-4-15)32-12-11-19(16-5-9-20(27)21(13-16)35-2)17-6-10-22(33-14-17)25(28,29)30/h3-10,13-14,19,23,32H,11-12H2,1-2H3,(H,31,34)/t19-,23-/m1/s1. The zero-order valence-electron chi connectivity index (χ0n) is 19.0. The zero-order chi connectivity index (χ0) is 25.6. The molecule has 0 aliphatic rings. The average Bonchev–Trinajstić information content (AvgIpc) is 2.84. The summed E-state index contributed by atoms with van der Waals surface area (Å²) in [7, 11) is 3.03. The van der Waals surface area contributed by atoms with Crippen molar-refractivity contribution in [1.82, 2.24) is 15.6 Å². The van der Waals surface area contributed by atoms with Gasteiger partial charge >= 0.3 is 6.18 Å². The molecule has 0 fully saturated rings. The monoisotopic (exact) mass is 525 g/mol. The number of hydrogen-bond donors (Lipinski definition) is 2. The third kappa shape index (κ3) is 6.87. The van der Waals surface area contributed by atoms with E-state index in [1.54, 1.807) is 49.5 Å². The second kappa shape index (κ2) is 11.7. The SMILES string of the molecule is CNC(=O)[C@H](NCC[C@@H](c1ccc(C(F)(F)F)nc1)c1ccc(Cl)c(OC)c1)c1ccc(Cl)cc1. The Morgan fingerprint density at radius 1 is 1.03 bits per heavy atom. The molecule has 0 aliphatic heterocycles. The van der Waals surface area contributed by atoms with Crippen LogP contribution < -0.4 is 15.4 Å². The van der Waals surface area contributed by atoms with Crippen LogP contribution in [0.25, 0.3) is 0 Å². The summed E-state index contributed by atoms with van der Waals surface area (Å²) >= 11 is 12.1. The first-order chi connectivity index (χ1) is 16.6. The fourth-order valence-corrected chi connectivity index (χ4v) is 4.05. The second-order valence-electron chi connectivity index (χ2n) is 7.76. The van der Waals surface area contributed by atoms with Crippen LogP contribution in [0.4, 0.5) is 13.2 Å². The summed E-state index contributed by atoms with van der Waals surface area (Å²) in [5, 5.41) is 6.85. The van der Waals surface area contributed by atoms with Crippen molar-refractivity contribution < 1.29 is 22.7 Å². The van der Waals surface area contributed by atoms with E-state index in [0.29, 0.717) is 34.3 Å². The predicted molar refractivity (Wildman–Crippen MR) is 130 cm³/mol. The van der Waals surface area contributed by atoms with Crippen molar-refractivity contribution in [2.75, 3.05) is 20.7 Å². The Morgan fingerprint density at radius 3 is 2.26 bits per heavy atom. The van der Waals surface area contributed by atoms with Gasteiger partial charge in [-0.25, -0.2) is 0 Å². The molecule has 0 saturated carbocycles. The van der Waals surface area contributed by atoms with E-state index >= 15 is 0 Å². The van der Waals surface area contributed by atoms with Gasteiger partial charge in [0.25, 0.3) is 0 Å². The molecule has 186 valence electrons. The first kappa shape index (κ1) is 26.8. The minimum absolute atomic E-state index is 0.228. The summed E-state index contributed by atoms with van der Waals surface area (Å²) < 4.78 is 44.4. The number of ether oxygens (including phenoxy) is 1. The number of nitrogens with zero attached hydrogens (tertiary/aromatic N) is 1. The molecule has 0 spiro atoms. The Morgan fingerprint density at radius 2 is 1.69 bits per heavy atom. The Bertz CT molecular complexity index is 1140. The first-order valence-electron chi connectivity index (χ1n) is 10.7. The topological polar surface area (TPSA) is 63.2 Å². The second-order valence-corrected chi connectivity index (χ2v) is 8.61. The van der Waals surface area contributed by atoms with Crippen LogP contribution >= 0.6 is 23.2 Å². The van der Waals surface area contributed by atoms with Gasteiger partial charge in [-0.3, -0.25) is 9.78 Å². The summed E-state index contributed by atoms with van der Waals surface area (Å²) in [5.41, 5.74) is 1.15.